The summed E-state index contributed by atoms with van der Waals surface area (Å²) in [5.41, 5.74) is 6.57. The Labute approximate surface area is 123 Å². The number of nitrogens with two attached hydrogens (primary N) is 1. The molecule has 7 heteroatoms. The Morgan fingerprint density at radius 2 is 2.25 bits per heavy atom. The van der Waals surface area contributed by atoms with Crippen LogP contribution in [-0.2, 0) is 6.54 Å². The Hall–Kier alpha value is -1.21. The highest BCUT2D eigenvalue weighted by Crippen LogP contribution is 2.25. The minimum absolute atomic E-state index is 0.115. The van der Waals surface area contributed by atoms with Gasteiger partial charge in [0.1, 0.15) is 0 Å². The van der Waals surface area contributed by atoms with Crippen molar-refractivity contribution in [1.29, 1.82) is 0 Å². The Bertz CT molecular complexity index is 497. The lowest BCUT2D eigenvalue weighted by Gasteiger charge is -2.39. The lowest BCUT2D eigenvalue weighted by molar-refractivity contribution is -0.385. The van der Waals surface area contributed by atoms with Gasteiger partial charge in [0, 0.05) is 55.4 Å². The number of hydrogen-bond donors (Lipinski definition) is 1. The highest BCUT2D eigenvalue weighted by Gasteiger charge is 2.26. The Kier molecular flexibility index (Phi) is 4.93. The molecule has 20 heavy (non-hydrogen) atoms. The molecule has 1 atom stereocenters. The van der Waals surface area contributed by atoms with Crippen LogP contribution in [0.1, 0.15) is 5.56 Å². The minimum atomic E-state index is -0.362. The predicted octanol–water partition coefficient (Wildman–Crippen LogP) is 1.32. The molecule has 1 aliphatic rings. The molecule has 2 rings (SSSR count). The molecular formula is C13H19ClN4O2. The van der Waals surface area contributed by atoms with Crippen molar-refractivity contribution in [3.63, 3.8) is 0 Å². The van der Waals surface area contributed by atoms with Gasteiger partial charge in [-0.05, 0) is 19.2 Å². The standard InChI is InChI=1S/C13H19ClN4O2/c1-16-4-5-17(12(7-15)9-16)8-10-6-11(14)2-3-13(10)18(19)20/h2-3,6,12H,4-5,7-9,15H2,1H3. The molecule has 110 valence electrons. The van der Waals surface area contributed by atoms with Crippen LogP contribution in [0.3, 0.4) is 0 Å². The van der Waals surface area contributed by atoms with Gasteiger partial charge in [0.15, 0.2) is 0 Å². The number of rotatable bonds is 4. The van der Waals surface area contributed by atoms with Gasteiger partial charge in [-0.2, -0.15) is 0 Å². The van der Waals surface area contributed by atoms with Crippen molar-refractivity contribution < 1.29 is 4.92 Å². The van der Waals surface area contributed by atoms with E-state index in [1.165, 1.54) is 6.07 Å². The summed E-state index contributed by atoms with van der Waals surface area (Å²) in [6.45, 7) is 3.71. The monoisotopic (exact) mass is 298 g/mol. The number of nitro benzene ring substituents is 1. The van der Waals surface area contributed by atoms with Gasteiger partial charge in [0.2, 0.25) is 0 Å². The van der Waals surface area contributed by atoms with E-state index in [4.69, 9.17) is 17.3 Å². The average Bonchev–Trinajstić information content (AvgIpc) is 2.40. The van der Waals surface area contributed by atoms with Crippen LogP contribution < -0.4 is 5.73 Å². The molecule has 0 radical (unpaired) electrons. The van der Waals surface area contributed by atoms with Gasteiger partial charge in [-0.1, -0.05) is 11.6 Å². The van der Waals surface area contributed by atoms with Crippen molar-refractivity contribution in [2.24, 2.45) is 5.73 Å². The molecule has 2 N–H and O–H groups in total. The fraction of sp³-hybridized carbons (Fsp3) is 0.538. The Morgan fingerprint density at radius 3 is 2.90 bits per heavy atom. The molecule has 0 saturated carbocycles. The van der Waals surface area contributed by atoms with Gasteiger partial charge >= 0.3 is 0 Å². The second kappa shape index (κ2) is 6.49. The van der Waals surface area contributed by atoms with E-state index in [1.807, 2.05) is 0 Å². The summed E-state index contributed by atoms with van der Waals surface area (Å²) in [7, 11) is 2.06. The predicted molar refractivity (Wildman–Crippen MR) is 78.9 cm³/mol. The van der Waals surface area contributed by atoms with Gasteiger partial charge in [-0.3, -0.25) is 15.0 Å². The molecule has 1 saturated heterocycles. The van der Waals surface area contributed by atoms with Gasteiger partial charge in [0.25, 0.3) is 5.69 Å². The normalized spacial score (nSPS) is 21.1. The van der Waals surface area contributed by atoms with E-state index in [-0.39, 0.29) is 16.7 Å². The van der Waals surface area contributed by atoms with E-state index in [0.29, 0.717) is 23.7 Å². The molecule has 1 heterocycles. The zero-order valence-electron chi connectivity index (χ0n) is 11.5. The third kappa shape index (κ3) is 3.46. The first kappa shape index (κ1) is 15.2. The molecule has 0 bridgehead atoms. The van der Waals surface area contributed by atoms with E-state index in [0.717, 1.165) is 19.6 Å². The van der Waals surface area contributed by atoms with Crippen molar-refractivity contribution in [2.45, 2.75) is 12.6 Å². The average molecular weight is 299 g/mol. The zero-order chi connectivity index (χ0) is 14.7. The number of piperazine rings is 1. The molecule has 1 aliphatic heterocycles. The molecule has 1 aromatic carbocycles. The fourth-order valence-corrected chi connectivity index (χ4v) is 2.75. The van der Waals surface area contributed by atoms with Crippen molar-refractivity contribution >= 4 is 17.3 Å². The molecular weight excluding hydrogens is 280 g/mol. The summed E-state index contributed by atoms with van der Waals surface area (Å²) in [5.74, 6) is 0. The zero-order valence-corrected chi connectivity index (χ0v) is 12.2. The molecule has 0 aromatic heterocycles. The lowest BCUT2D eigenvalue weighted by atomic mass is 10.1. The third-order valence-corrected chi connectivity index (χ3v) is 3.93. The van der Waals surface area contributed by atoms with Crippen molar-refractivity contribution in [1.82, 2.24) is 9.80 Å². The van der Waals surface area contributed by atoms with Gasteiger partial charge in [-0.25, -0.2) is 0 Å². The molecule has 0 aliphatic carbocycles. The quantitative estimate of drug-likeness (QED) is 0.670. The smallest absolute Gasteiger partial charge is 0.273 e. The number of likely N-dealkylation sites (N-methyl/N-ethyl adjacent to an activating group) is 1. The molecule has 0 spiro atoms. The van der Waals surface area contributed by atoms with Crippen LogP contribution in [0.25, 0.3) is 0 Å². The van der Waals surface area contributed by atoms with E-state index in [9.17, 15) is 10.1 Å². The topological polar surface area (TPSA) is 75.6 Å². The van der Waals surface area contributed by atoms with Crippen LogP contribution >= 0.6 is 11.6 Å². The van der Waals surface area contributed by atoms with Gasteiger partial charge in [0.05, 0.1) is 4.92 Å². The van der Waals surface area contributed by atoms with Crippen LogP contribution in [0, 0.1) is 10.1 Å². The van der Waals surface area contributed by atoms with Crippen molar-refractivity contribution in [3.05, 3.63) is 38.9 Å². The molecule has 1 unspecified atom stereocenters. The Balaban J connectivity index is 2.20. The number of hydrogen-bond acceptors (Lipinski definition) is 5. The molecule has 0 amide bonds. The van der Waals surface area contributed by atoms with E-state index < -0.39 is 0 Å². The number of halogens is 1. The minimum Gasteiger partial charge on any atom is -0.329 e. The number of nitrogens with zero attached hydrogens (tertiary/aromatic N) is 3. The van der Waals surface area contributed by atoms with Crippen LogP contribution in [0.15, 0.2) is 18.2 Å². The van der Waals surface area contributed by atoms with Gasteiger partial charge < -0.3 is 10.6 Å². The summed E-state index contributed by atoms with van der Waals surface area (Å²) < 4.78 is 0. The SMILES string of the molecule is CN1CCN(Cc2cc(Cl)ccc2[N+](=O)[O-])C(CN)C1. The van der Waals surface area contributed by atoms with Crippen LogP contribution in [0.2, 0.25) is 5.02 Å². The molecule has 1 fully saturated rings. The second-order valence-corrected chi connectivity index (χ2v) is 5.59. The largest absolute Gasteiger partial charge is 0.329 e. The summed E-state index contributed by atoms with van der Waals surface area (Å²) in [6.07, 6.45) is 0. The maximum atomic E-state index is 11.1. The van der Waals surface area contributed by atoms with E-state index >= 15 is 0 Å². The molecule has 6 nitrogen and oxygen atoms in total. The fourth-order valence-electron chi connectivity index (χ4n) is 2.56. The maximum absolute atomic E-state index is 11.1. The van der Waals surface area contributed by atoms with Crippen LogP contribution in [-0.4, -0.2) is 54.0 Å². The van der Waals surface area contributed by atoms with Gasteiger partial charge in [-0.15, -0.1) is 0 Å². The third-order valence-electron chi connectivity index (χ3n) is 3.69. The second-order valence-electron chi connectivity index (χ2n) is 5.15. The summed E-state index contributed by atoms with van der Waals surface area (Å²) in [4.78, 5) is 15.1. The highest BCUT2D eigenvalue weighted by molar-refractivity contribution is 6.30. The van der Waals surface area contributed by atoms with Crippen LogP contribution in [0.5, 0.6) is 0 Å². The maximum Gasteiger partial charge on any atom is 0.273 e. The Morgan fingerprint density at radius 1 is 1.50 bits per heavy atom. The first-order valence-corrected chi connectivity index (χ1v) is 6.94. The van der Waals surface area contributed by atoms with E-state index in [1.54, 1.807) is 12.1 Å². The molecule has 1 aromatic rings. The van der Waals surface area contributed by atoms with Crippen LogP contribution in [0.4, 0.5) is 5.69 Å². The van der Waals surface area contributed by atoms with E-state index in [2.05, 4.69) is 16.8 Å². The van der Waals surface area contributed by atoms with Crippen molar-refractivity contribution in [2.75, 3.05) is 33.2 Å². The number of nitro groups is 1. The first-order chi connectivity index (χ1) is 9.51. The first-order valence-electron chi connectivity index (χ1n) is 6.56. The summed E-state index contributed by atoms with van der Waals surface area (Å²) in [6, 6.07) is 4.90. The lowest BCUT2D eigenvalue weighted by Crippen LogP contribution is -2.54. The van der Waals surface area contributed by atoms with Crippen molar-refractivity contribution in [3.8, 4) is 0 Å². The highest BCUT2D eigenvalue weighted by atomic mass is 35.5. The number of benzene rings is 1. The summed E-state index contributed by atoms with van der Waals surface area (Å²) >= 11 is 5.96. The summed E-state index contributed by atoms with van der Waals surface area (Å²) in [5, 5.41) is 11.6.